The van der Waals surface area contributed by atoms with Crippen molar-refractivity contribution in [3.8, 4) is 0 Å². The first-order chi connectivity index (χ1) is 8.97. The monoisotopic (exact) mass is 267 g/mol. The van der Waals surface area contributed by atoms with Gasteiger partial charge in [-0.25, -0.2) is 9.18 Å². The Morgan fingerprint density at radius 1 is 1.47 bits per heavy atom. The van der Waals surface area contributed by atoms with Gasteiger partial charge in [0, 0.05) is 6.04 Å². The Bertz CT molecular complexity index is 485. The average molecular weight is 267 g/mol. The summed E-state index contributed by atoms with van der Waals surface area (Å²) in [6, 6.07) is 2.57. The topological polar surface area (TPSA) is 78.6 Å². The van der Waals surface area contributed by atoms with Crippen LogP contribution in [0.5, 0.6) is 0 Å². The SMILES string of the molecule is CN1CCC(Nc2cc(F)c(C(=O)O)cc2N)CC1. The molecule has 0 aromatic heterocycles. The molecule has 1 aromatic carbocycles. The number of rotatable bonds is 3. The molecule has 6 heteroatoms. The van der Waals surface area contributed by atoms with Gasteiger partial charge in [0.25, 0.3) is 0 Å². The minimum atomic E-state index is -1.31. The molecule has 104 valence electrons. The molecule has 1 saturated heterocycles. The molecule has 19 heavy (non-hydrogen) atoms. The fraction of sp³-hybridized carbons (Fsp3) is 0.462. The molecule has 1 fully saturated rings. The van der Waals surface area contributed by atoms with Crippen molar-refractivity contribution in [1.29, 1.82) is 0 Å². The Kier molecular flexibility index (Phi) is 3.90. The highest BCUT2D eigenvalue weighted by molar-refractivity contribution is 5.90. The fourth-order valence-corrected chi connectivity index (χ4v) is 2.25. The van der Waals surface area contributed by atoms with Crippen molar-refractivity contribution in [2.75, 3.05) is 31.2 Å². The maximum absolute atomic E-state index is 13.6. The Hall–Kier alpha value is -1.82. The van der Waals surface area contributed by atoms with Gasteiger partial charge in [-0.2, -0.15) is 0 Å². The van der Waals surface area contributed by atoms with Crippen molar-refractivity contribution in [2.45, 2.75) is 18.9 Å². The van der Waals surface area contributed by atoms with E-state index < -0.39 is 17.3 Å². The molecular formula is C13H18FN3O2. The van der Waals surface area contributed by atoms with E-state index >= 15 is 0 Å². The number of nitrogens with zero attached hydrogens (tertiary/aromatic N) is 1. The Morgan fingerprint density at radius 3 is 2.68 bits per heavy atom. The summed E-state index contributed by atoms with van der Waals surface area (Å²) in [6.45, 7) is 1.96. The molecule has 1 aliphatic heterocycles. The van der Waals surface area contributed by atoms with Gasteiger partial charge in [-0.15, -0.1) is 0 Å². The largest absolute Gasteiger partial charge is 0.478 e. The minimum Gasteiger partial charge on any atom is -0.478 e. The molecule has 0 amide bonds. The van der Waals surface area contributed by atoms with E-state index in [4.69, 9.17) is 10.8 Å². The number of benzene rings is 1. The van der Waals surface area contributed by atoms with Gasteiger partial charge in [0.05, 0.1) is 16.9 Å². The summed E-state index contributed by atoms with van der Waals surface area (Å²) < 4.78 is 13.6. The van der Waals surface area contributed by atoms with Crippen molar-refractivity contribution in [1.82, 2.24) is 4.90 Å². The van der Waals surface area contributed by atoms with Gasteiger partial charge in [0.2, 0.25) is 0 Å². The Labute approximate surface area is 111 Å². The summed E-state index contributed by atoms with van der Waals surface area (Å²) in [5, 5.41) is 12.0. The summed E-state index contributed by atoms with van der Waals surface area (Å²) in [5.74, 6) is -2.08. The van der Waals surface area contributed by atoms with Gasteiger partial charge >= 0.3 is 5.97 Å². The summed E-state index contributed by atoms with van der Waals surface area (Å²) in [6.07, 6.45) is 1.91. The standard InChI is InChI=1S/C13H18FN3O2/c1-17-4-2-8(3-5-17)16-12-7-10(14)9(13(18)19)6-11(12)15/h6-8,16H,2-5,15H2,1H3,(H,18,19). The second kappa shape index (κ2) is 5.44. The number of carbonyl (C=O) groups is 1. The third-order valence-electron chi connectivity index (χ3n) is 3.45. The summed E-state index contributed by atoms with van der Waals surface area (Å²) in [5.41, 5.74) is 6.10. The van der Waals surface area contributed by atoms with Crippen molar-refractivity contribution >= 4 is 17.3 Å². The zero-order chi connectivity index (χ0) is 14.0. The van der Waals surface area contributed by atoms with E-state index in [1.807, 2.05) is 0 Å². The van der Waals surface area contributed by atoms with Crippen molar-refractivity contribution in [3.05, 3.63) is 23.5 Å². The van der Waals surface area contributed by atoms with E-state index in [1.165, 1.54) is 0 Å². The summed E-state index contributed by atoms with van der Waals surface area (Å²) in [7, 11) is 2.06. The molecule has 0 spiro atoms. The highest BCUT2D eigenvalue weighted by Gasteiger charge is 2.19. The van der Waals surface area contributed by atoms with Gasteiger partial charge in [-0.1, -0.05) is 0 Å². The number of likely N-dealkylation sites (tertiary alicyclic amines) is 1. The van der Waals surface area contributed by atoms with Crippen LogP contribution in [0.3, 0.4) is 0 Å². The lowest BCUT2D eigenvalue weighted by molar-refractivity contribution is 0.0692. The first kappa shape index (κ1) is 13.6. The first-order valence-electron chi connectivity index (χ1n) is 6.24. The molecule has 1 heterocycles. The Balaban J connectivity index is 2.13. The summed E-state index contributed by atoms with van der Waals surface area (Å²) >= 11 is 0. The molecule has 0 radical (unpaired) electrons. The van der Waals surface area contributed by atoms with Gasteiger partial charge < -0.3 is 21.1 Å². The highest BCUT2D eigenvalue weighted by atomic mass is 19.1. The number of carboxylic acid groups (broad SMARTS) is 1. The second-order valence-electron chi connectivity index (χ2n) is 4.95. The smallest absolute Gasteiger partial charge is 0.338 e. The van der Waals surface area contributed by atoms with Crippen LogP contribution in [-0.2, 0) is 0 Å². The number of nitrogens with two attached hydrogens (primary N) is 1. The molecule has 1 aliphatic rings. The van der Waals surface area contributed by atoms with Crippen LogP contribution in [0.1, 0.15) is 23.2 Å². The lowest BCUT2D eigenvalue weighted by Crippen LogP contribution is -2.36. The number of halogens is 1. The third kappa shape index (κ3) is 3.14. The van der Waals surface area contributed by atoms with Gasteiger partial charge in [-0.3, -0.25) is 0 Å². The fourth-order valence-electron chi connectivity index (χ4n) is 2.25. The number of anilines is 2. The van der Waals surface area contributed by atoms with E-state index in [2.05, 4.69) is 17.3 Å². The number of piperidine rings is 1. The highest BCUT2D eigenvalue weighted by Crippen LogP contribution is 2.25. The molecule has 0 bridgehead atoms. The van der Waals surface area contributed by atoms with E-state index in [0.717, 1.165) is 38.1 Å². The molecule has 4 N–H and O–H groups in total. The zero-order valence-corrected chi connectivity index (χ0v) is 10.8. The molecular weight excluding hydrogens is 249 g/mol. The molecule has 0 saturated carbocycles. The predicted octanol–water partition coefficient (Wildman–Crippen LogP) is 1.61. The van der Waals surface area contributed by atoms with E-state index in [0.29, 0.717) is 5.69 Å². The zero-order valence-electron chi connectivity index (χ0n) is 10.8. The molecule has 0 aliphatic carbocycles. The lowest BCUT2D eigenvalue weighted by atomic mass is 10.0. The van der Waals surface area contributed by atoms with Gasteiger partial charge in [-0.05, 0) is 45.1 Å². The minimum absolute atomic E-state index is 0.244. The lowest BCUT2D eigenvalue weighted by Gasteiger charge is -2.30. The first-order valence-corrected chi connectivity index (χ1v) is 6.24. The molecule has 5 nitrogen and oxygen atoms in total. The molecule has 0 atom stereocenters. The Morgan fingerprint density at radius 2 is 2.11 bits per heavy atom. The number of hydrogen-bond acceptors (Lipinski definition) is 4. The van der Waals surface area contributed by atoms with Crippen molar-refractivity contribution < 1.29 is 14.3 Å². The van der Waals surface area contributed by atoms with Crippen LogP contribution in [-0.4, -0.2) is 42.2 Å². The molecule has 0 unspecified atom stereocenters. The van der Waals surface area contributed by atoms with Crippen LogP contribution in [0.2, 0.25) is 0 Å². The van der Waals surface area contributed by atoms with Gasteiger partial charge in [0.15, 0.2) is 0 Å². The number of nitrogen functional groups attached to an aromatic ring is 1. The van der Waals surface area contributed by atoms with Crippen molar-refractivity contribution in [3.63, 3.8) is 0 Å². The predicted molar refractivity (Wildman–Crippen MR) is 71.9 cm³/mol. The van der Waals surface area contributed by atoms with Crippen LogP contribution in [0.25, 0.3) is 0 Å². The number of aromatic carboxylic acids is 1. The second-order valence-corrected chi connectivity index (χ2v) is 4.95. The third-order valence-corrected chi connectivity index (χ3v) is 3.45. The molecule has 2 rings (SSSR count). The normalized spacial score (nSPS) is 17.4. The summed E-state index contributed by atoms with van der Waals surface area (Å²) in [4.78, 5) is 13.0. The maximum Gasteiger partial charge on any atom is 0.338 e. The van der Waals surface area contributed by atoms with E-state index in [1.54, 1.807) is 0 Å². The van der Waals surface area contributed by atoms with E-state index in [9.17, 15) is 9.18 Å². The quantitative estimate of drug-likeness (QED) is 0.725. The number of nitrogens with one attached hydrogen (secondary N) is 1. The molecule has 1 aromatic rings. The van der Waals surface area contributed by atoms with Crippen LogP contribution in [0.4, 0.5) is 15.8 Å². The van der Waals surface area contributed by atoms with Crippen LogP contribution in [0, 0.1) is 5.82 Å². The number of carboxylic acids is 1. The maximum atomic E-state index is 13.6. The average Bonchev–Trinajstić information content (AvgIpc) is 2.35. The van der Waals surface area contributed by atoms with Crippen LogP contribution < -0.4 is 11.1 Å². The number of hydrogen-bond donors (Lipinski definition) is 3. The van der Waals surface area contributed by atoms with Crippen LogP contribution >= 0.6 is 0 Å². The van der Waals surface area contributed by atoms with Crippen LogP contribution in [0.15, 0.2) is 12.1 Å². The van der Waals surface area contributed by atoms with E-state index in [-0.39, 0.29) is 11.7 Å². The van der Waals surface area contributed by atoms with Gasteiger partial charge in [0.1, 0.15) is 5.82 Å². The van der Waals surface area contributed by atoms with Crippen molar-refractivity contribution in [2.24, 2.45) is 0 Å².